The molecule has 1 rings (SSSR count). The Morgan fingerprint density at radius 2 is 2.22 bits per heavy atom. The largest absolute Gasteiger partial charge is 0.351 e. The van der Waals surface area contributed by atoms with Gasteiger partial charge in [-0.05, 0) is 24.1 Å². The van der Waals surface area contributed by atoms with Gasteiger partial charge in [-0.3, -0.25) is 4.79 Å². The maximum atomic E-state index is 12.8. The highest BCUT2D eigenvalue weighted by atomic mass is 79.9. The Labute approximate surface area is 121 Å². The number of hydrogen-bond acceptors (Lipinski definition) is 2. The van der Waals surface area contributed by atoms with Crippen LogP contribution in [0, 0.1) is 5.82 Å². The molecule has 0 aliphatic heterocycles. The smallest absolute Gasteiger partial charge is 0.237 e. The van der Waals surface area contributed by atoms with Crippen molar-refractivity contribution in [2.45, 2.75) is 32.4 Å². The molecule has 102 valence electrons. The molecule has 0 bridgehead atoms. The third-order valence-electron chi connectivity index (χ3n) is 2.40. The minimum atomic E-state index is -0.473. The summed E-state index contributed by atoms with van der Waals surface area (Å²) in [5.74, 6) is -0.488. The van der Waals surface area contributed by atoms with Gasteiger partial charge in [-0.15, -0.1) is 12.4 Å². The standard InChI is InChI=1S/C12H16BrFN2O.ClH/c1-2-3-11(15)12(17)16-7-8-4-5-9(14)6-10(8)13;/h4-6,11H,2-3,7,15H2,1H3,(H,16,17);1H. The molecule has 0 heterocycles. The fraction of sp³-hybridized carbons (Fsp3) is 0.417. The summed E-state index contributed by atoms with van der Waals surface area (Å²) in [7, 11) is 0. The molecule has 0 spiro atoms. The number of carbonyl (C=O) groups excluding carboxylic acids is 1. The molecule has 3 nitrogen and oxygen atoms in total. The van der Waals surface area contributed by atoms with Gasteiger partial charge in [0.2, 0.25) is 5.91 Å². The van der Waals surface area contributed by atoms with Crippen molar-refractivity contribution >= 4 is 34.2 Å². The SMILES string of the molecule is CCCC(N)C(=O)NCc1ccc(F)cc1Br.Cl. The molecule has 1 atom stereocenters. The predicted molar refractivity (Wildman–Crippen MR) is 76.1 cm³/mol. The lowest BCUT2D eigenvalue weighted by Gasteiger charge is -2.12. The molecule has 0 fully saturated rings. The molecule has 6 heteroatoms. The molecular weight excluding hydrogens is 322 g/mol. The van der Waals surface area contributed by atoms with Crippen LogP contribution < -0.4 is 11.1 Å². The fourth-order valence-electron chi connectivity index (χ4n) is 1.42. The van der Waals surface area contributed by atoms with E-state index in [9.17, 15) is 9.18 Å². The van der Waals surface area contributed by atoms with Gasteiger partial charge in [-0.1, -0.05) is 35.3 Å². The van der Waals surface area contributed by atoms with Gasteiger partial charge in [0, 0.05) is 11.0 Å². The van der Waals surface area contributed by atoms with Crippen LogP contribution >= 0.6 is 28.3 Å². The number of carbonyl (C=O) groups is 1. The average molecular weight is 340 g/mol. The number of nitrogens with one attached hydrogen (secondary N) is 1. The zero-order valence-corrected chi connectivity index (χ0v) is 12.5. The van der Waals surface area contributed by atoms with Crippen LogP contribution in [0.15, 0.2) is 22.7 Å². The fourth-order valence-corrected chi connectivity index (χ4v) is 1.91. The Morgan fingerprint density at radius 3 is 2.78 bits per heavy atom. The first kappa shape index (κ1) is 17.4. The van der Waals surface area contributed by atoms with Gasteiger partial charge < -0.3 is 11.1 Å². The minimum Gasteiger partial charge on any atom is -0.351 e. The topological polar surface area (TPSA) is 55.1 Å². The summed E-state index contributed by atoms with van der Waals surface area (Å²) in [5.41, 5.74) is 6.49. The summed E-state index contributed by atoms with van der Waals surface area (Å²) in [6, 6.07) is 3.88. The van der Waals surface area contributed by atoms with Gasteiger partial charge in [-0.25, -0.2) is 4.39 Å². The van der Waals surface area contributed by atoms with Crippen molar-refractivity contribution in [2.24, 2.45) is 5.73 Å². The maximum absolute atomic E-state index is 12.8. The normalized spacial score (nSPS) is 11.6. The van der Waals surface area contributed by atoms with Gasteiger partial charge >= 0.3 is 0 Å². The van der Waals surface area contributed by atoms with Crippen LogP contribution in [0.4, 0.5) is 4.39 Å². The van der Waals surface area contributed by atoms with Crippen molar-refractivity contribution in [1.82, 2.24) is 5.32 Å². The molecule has 0 aromatic heterocycles. The van der Waals surface area contributed by atoms with E-state index < -0.39 is 6.04 Å². The van der Waals surface area contributed by atoms with Crippen molar-refractivity contribution in [2.75, 3.05) is 0 Å². The maximum Gasteiger partial charge on any atom is 0.237 e. The van der Waals surface area contributed by atoms with Crippen LogP contribution in [0.2, 0.25) is 0 Å². The highest BCUT2D eigenvalue weighted by Gasteiger charge is 2.12. The second-order valence-corrected chi connectivity index (χ2v) is 4.70. The van der Waals surface area contributed by atoms with Crippen molar-refractivity contribution < 1.29 is 9.18 Å². The average Bonchev–Trinajstić information content (AvgIpc) is 2.27. The second-order valence-electron chi connectivity index (χ2n) is 3.85. The summed E-state index contributed by atoms with van der Waals surface area (Å²) < 4.78 is 13.5. The zero-order chi connectivity index (χ0) is 12.8. The van der Waals surface area contributed by atoms with Gasteiger partial charge in [0.15, 0.2) is 0 Å². The minimum absolute atomic E-state index is 0. The summed E-state index contributed by atoms with van der Waals surface area (Å²) in [4.78, 5) is 11.6. The molecule has 18 heavy (non-hydrogen) atoms. The van der Waals surface area contributed by atoms with Crippen molar-refractivity contribution in [3.63, 3.8) is 0 Å². The third kappa shape index (κ3) is 5.33. The molecule has 0 saturated carbocycles. The Bertz CT molecular complexity index is 404. The molecule has 0 radical (unpaired) electrons. The van der Waals surface area contributed by atoms with Gasteiger partial charge in [0.05, 0.1) is 6.04 Å². The molecule has 3 N–H and O–H groups in total. The number of benzene rings is 1. The highest BCUT2D eigenvalue weighted by molar-refractivity contribution is 9.10. The molecule has 1 aromatic rings. The van der Waals surface area contributed by atoms with E-state index in [2.05, 4.69) is 21.2 Å². The van der Waals surface area contributed by atoms with Crippen LogP contribution in [0.25, 0.3) is 0 Å². The van der Waals surface area contributed by atoms with Gasteiger partial charge in [0.1, 0.15) is 5.82 Å². The molecule has 0 aliphatic rings. The van der Waals surface area contributed by atoms with Gasteiger partial charge in [-0.2, -0.15) is 0 Å². The molecule has 0 aliphatic carbocycles. The number of nitrogens with two attached hydrogens (primary N) is 1. The highest BCUT2D eigenvalue weighted by Crippen LogP contribution is 2.17. The van der Waals surface area contributed by atoms with Gasteiger partial charge in [0.25, 0.3) is 0 Å². The molecule has 1 amide bonds. The van der Waals surface area contributed by atoms with Crippen LogP contribution in [0.5, 0.6) is 0 Å². The monoisotopic (exact) mass is 338 g/mol. The Morgan fingerprint density at radius 1 is 1.56 bits per heavy atom. The zero-order valence-electron chi connectivity index (χ0n) is 10.1. The summed E-state index contributed by atoms with van der Waals surface area (Å²) >= 11 is 3.24. The number of amides is 1. The number of rotatable bonds is 5. The summed E-state index contributed by atoms with van der Waals surface area (Å²) in [6.45, 7) is 2.32. The van der Waals surface area contributed by atoms with E-state index in [1.807, 2.05) is 6.92 Å². The van der Waals surface area contributed by atoms with E-state index in [0.29, 0.717) is 17.4 Å². The van der Waals surface area contributed by atoms with E-state index in [4.69, 9.17) is 5.73 Å². The summed E-state index contributed by atoms with van der Waals surface area (Å²) in [6.07, 6.45) is 1.53. The lowest BCUT2D eigenvalue weighted by molar-refractivity contribution is -0.122. The van der Waals surface area contributed by atoms with E-state index in [-0.39, 0.29) is 24.1 Å². The second kappa shape index (κ2) is 8.45. The first-order chi connectivity index (χ1) is 8.04. The summed E-state index contributed by atoms with van der Waals surface area (Å²) in [5, 5.41) is 2.73. The van der Waals surface area contributed by atoms with Crippen LogP contribution in [-0.2, 0) is 11.3 Å². The van der Waals surface area contributed by atoms with Crippen LogP contribution in [0.1, 0.15) is 25.3 Å². The Hall–Kier alpha value is -0.650. The van der Waals surface area contributed by atoms with Crippen LogP contribution in [-0.4, -0.2) is 11.9 Å². The van der Waals surface area contributed by atoms with Crippen molar-refractivity contribution in [1.29, 1.82) is 0 Å². The lowest BCUT2D eigenvalue weighted by Crippen LogP contribution is -2.40. The van der Waals surface area contributed by atoms with E-state index in [1.165, 1.54) is 12.1 Å². The molecule has 0 saturated heterocycles. The Kier molecular flexibility index (Phi) is 8.15. The molecule has 1 unspecified atom stereocenters. The van der Waals surface area contributed by atoms with Crippen molar-refractivity contribution in [3.8, 4) is 0 Å². The molecule has 1 aromatic carbocycles. The predicted octanol–water partition coefficient (Wildman–Crippen LogP) is 2.75. The van der Waals surface area contributed by atoms with E-state index in [0.717, 1.165) is 12.0 Å². The first-order valence-corrected chi connectivity index (χ1v) is 6.31. The Balaban J connectivity index is 0.00000289. The van der Waals surface area contributed by atoms with Crippen LogP contribution in [0.3, 0.4) is 0 Å². The number of hydrogen-bond donors (Lipinski definition) is 2. The van der Waals surface area contributed by atoms with E-state index in [1.54, 1.807) is 6.07 Å². The van der Waals surface area contributed by atoms with Crippen molar-refractivity contribution in [3.05, 3.63) is 34.1 Å². The molecular formula is C12H17BrClFN2O. The lowest BCUT2D eigenvalue weighted by atomic mass is 10.1. The third-order valence-corrected chi connectivity index (χ3v) is 3.14. The number of halogens is 3. The quantitative estimate of drug-likeness (QED) is 0.866. The van der Waals surface area contributed by atoms with E-state index >= 15 is 0 Å². The first-order valence-electron chi connectivity index (χ1n) is 5.51.